The topological polar surface area (TPSA) is 9.23 Å². The normalized spacial score (nSPS) is 12.0. The minimum atomic E-state index is 0.0986. The van der Waals surface area contributed by atoms with Crippen molar-refractivity contribution in [3.8, 4) is 0 Å². The molecule has 0 radical (unpaired) electrons. The van der Waals surface area contributed by atoms with Gasteiger partial charge in [0.15, 0.2) is 0 Å². The lowest BCUT2D eigenvalue weighted by atomic mass is 10.0. The summed E-state index contributed by atoms with van der Waals surface area (Å²) in [7, 11) is 0. The molecule has 0 spiro atoms. The maximum absolute atomic E-state index is 5.92. The number of unbranched alkanes of at least 4 members (excludes halogenated alkanes) is 5. The highest BCUT2D eigenvalue weighted by atomic mass is 16.5. The van der Waals surface area contributed by atoms with Crippen LogP contribution in [0.5, 0.6) is 0 Å². The van der Waals surface area contributed by atoms with Gasteiger partial charge in [0.2, 0.25) is 0 Å². The fraction of sp³-hybridized carbons (Fsp3) is 1.00. The van der Waals surface area contributed by atoms with Crippen molar-refractivity contribution in [1.29, 1.82) is 0 Å². The van der Waals surface area contributed by atoms with Gasteiger partial charge in [-0.05, 0) is 26.7 Å². The molecule has 1 nitrogen and oxygen atoms in total. The maximum Gasteiger partial charge on any atom is 0.0626 e. The molecule has 0 amide bonds. The van der Waals surface area contributed by atoms with Gasteiger partial charge in [-0.25, -0.2) is 0 Å². The van der Waals surface area contributed by atoms with Crippen molar-refractivity contribution in [3.05, 3.63) is 0 Å². The van der Waals surface area contributed by atoms with Crippen molar-refractivity contribution in [2.24, 2.45) is 0 Å². The van der Waals surface area contributed by atoms with Crippen LogP contribution in [0.15, 0.2) is 0 Å². The molecule has 0 rings (SSSR count). The van der Waals surface area contributed by atoms with Crippen molar-refractivity contribution < 1.29 is 4.74 Å². The number of hydrogen-bond donors (Lipinski definition) is 0. The van der Waals surface area contributed by atoms with Crippen molar-refractivity contribution in [2.45, 2.75) is 84.7 Å². The summed E-state index contributed by atoms with van der Waals surface area (Å²) in [6, 6.07) is 0. The van der Waals surface area contributed by atoms with E-state index in [1.807, 2.05) is 0 Å². The van der Waals surface area contributed by atoms with Gasteiger partial charge in [0.05, 0.1) is 5.60 Å². The van der Waals surface area contributed by atoms with E-state index < -0.39 is 0 Å². The number of ether oxygens (including phenoxy) is 1. The molecule has 0 aliphatic rings. The van der Waals surface area contributed by atoms with Gasteiger partial charge in [-0.15, -0.1) is 0 Å². The van der Waals surface area contributed by atoms with Gasteiger partial charge in [0.25, 0.3) is 0 Å². The SMILES string of the molecule is CCCCCCOC(C)(C)CCCCC. The summed E-state index contributed by atoms with van der Waals surface area (Å²) < 4.78 is 5.92. The second-order valence-corrected chi connectivity index (χ2v) is 5.13. The first-order chi connectivity index (χ1) is 7.12. The van der Waals surface area contributed by atoms with E-state index in [4.69, 9.17) is 4.74 Å². The highest BCUT2D eigenvalue weighted by Gasteiger charge is 2.16. The third kappa shape index (κ3) is 10.2. The average molecular weight is 214 g/mol. The van der Waals surface area contributed by atoms with E-state index in [2.05, 4.69) is 27.7 Å². The van der Waals surface area contributed by atoms with Gasteiger partial charge in [-0.3, -0.25) is 0 Å². The number of rotatable bonds is 10. The van der Waals surface area contributed by atoms with E-state index in [0.29, 0.717) is 0 Å². The van der Waals surface area contributed by atoms with E-state index in [1.54, 1.807) is 0 Å². The van der Waals surface area contributed by atoms with Crippen LogP contribution in [0, 0.1) is 0 Å². The zero-order valence-electron chi connectivity index (χ0n) is 11.3. The second-order valence-electron chi connectivity index (χ2n) is 5.13. The molecule has 0 aliphatic carbocycles. The van der Waals surface area contributed by atoms with Crippen LogP contribution in [-0.2, 0) is 4.74 Å². The van der Waals surface area contributed by atoms with Gasteiger partial charge in [-0.1, -0.05) is 52.4 Å². The third-order valence-corrected chi connectivity index (χ3v) is 2.87. The second kappa shape index (κ2) is 9.21. The summed E-state index contributed by atoms with van der Waals surface area (Å²) in [4.78, 5) is 0. The van der Waals surface area contributed by atoms with E-state index in [1.165, 1.54) is 51.4 Å². The average Bonchev–Trinajstić information content (AvgIpc) is 2.17. The Balaban J connectivity index is 3.38. The third-order valence-electron chi connectivity index (χ3n) is 2.87. The van der Waals surface area contributed by atoms with Gasteiger partial charge in [0.1, 0.15) is 0 Å². The summed E-state index contributed by atoms with van der Waals surface area (Å²) in [6.07, 6.45) is 10.3. The molecule has 1 heteroatoms. The van der Waals surface area contributed by atoms with E-state index in [-0.39, 0.29) is 5.60 Å². The van der Waals surface area contributed by atoms with Crippen LogP contribution < -0.4 is 0 Å². The minimum Gasteiger partial charge on any atom is -0.376 e. The Morgan fingerprint density at radius 3 is 2.00 bits per heavy atom. The molecule has 0 aromatic heterocycles. The molecule has 0 aliphatic heterocycles. The molecule has 92 valence electrons. The lowest BCUT2D eigenvalue weighted by Gasteiger charge is -2.25. The first-order valence-electron chi connectivity index (χ1n) is 6.76. The van der Waals surface area contributed by atoms with Crippen LogP contribution in [0.3, 0.4) is 0 Å². The standard InChI is InChI=1S/C14H30O/c1-5-7-9-11-13-15-14(3,4)12-10-8-6-2/h5-13H2,1-4H3. The molecular weight excluding hydrogens is 184 g/mol. The molecule has 15 heavy (non-hydrogen) atoms. The van der Waals surface area contributed by atoms with Crippen LogP contribution in [0.2, 0.25) is 0 Å². The Bertz CT molecular complexity index is 129. The zero-order valence-corrected chi connectivity index (χ0v) is 11.3. The molecule has 0 saturated heterocycles. The molecule has 0 heterocycles. The fourth-order valence-corrected chi connectivity index (χ4v) is 1.75. The van der Waals surface area contributed by atoms with Gasteiger partial charge < -0.3 is 4.74 Å². The molecule has 0 aromatic rings. The van der Waals surface area contributed by atoms with Gasteiger partial charge in [-0.2, -0.15) is 0 Å². The van der Waals surface area contributed by atoms with Crippen LogP contribution in [-0.4, -0.2) is 12.2 Å². The summed E-state index contributed by atoms with van der Waals surface area (Å²) in [5, 5.41) is 0. The lowest BCUT2D eigenvalue weighted by Crippen LogP contribution is -2.24. The van der Waals surface area contributed by atoms with Gasteiger partial charge in [0, 0.05) is 6.61 Å². The van der Waals surface area contributed by atoms with Crippen molar-refractivity contribution in [2.75, 3.05) is 6.61 Å². The van der Waals surface area contributed by atoms with Crippen molar-refractivity contribution in [3.63, 3.8) is 0 Å². The zero-order chi connectivity index (χ0) is 11.6. The first kappa shape index (κ1) is 15.0. The minimum absolute atomic E-state index is 0.0986. The fourth-order valence-electron chi connectivity index (χ4n) is 1.75. The lowest BCUT2D eigenvalue weighted by molar-refractivity contribution is -0.0265. The van der Waals surface area contributed by atoms with E-state index >= 15 is 0 Å². The smallest absolute Gasteiger partial charge is 0.0626 e. The summed E-state index contributed by atoms with van der Waals surface area (Å²) in [6.45, 7) is 9.89. The monoisotopic (exact) mass is 214 g/mol. The highest BCUT2D eigenvalue weighted by Crippen LogP contribution is 2.19. The van der Waals surface area contributed by atoms with Crippen LogP contribution in [0.4, 0.5) is 0 Å². The maximum atomic E-state index is 5.92. The summed E-state index contributed by atoms with van der Waals surface area (Å²) in [5.74, 6) is 0. The van der Waals surface area contributed by atoms with Gasteiger partial charge >= 0.3 is 0 Å². The Labute approximate surface area is 96.6 Å². The van der Waals surface area contributed by atoms with Crippen molar-refractivity contribution in [1.82, 2.24) is 0 Å². The van der Waals surface area contributed by atoms with Crippen LogP contribution >= 0.6 is 0 Å². The molecule has 0 fully saturated rings. The Morgan fingerprint density at radius 2 is 1.40 bits per heavy atom. The summed E-state index contributed by atoms with van der Waals surface area (Å²) >= 11 is 0. The molecule has 0 N–H and O–H groups in total. The molecule has 0 atom stereocenters. The predicted octanol–water partition coefficient (Wildman–Crippen LogP) is 4.94. The first-order valence-corrected chi connectivity index (χ1v) is 6.76. The predicted molar refractivity (Wildman–Crippen MR) is 68.3 cm³/mol. The highest BCUT2D eigenvalue weighted by molar-refractivity contribution is 4.68. The van der Waals surface area contributed by atoms with E-state index in [0.717, 1.165) is 6.61 Å². The van der Waals surface area contributed by atoms with Crippen molar-refractivity contribution >= 4 is 0 Å². The Kier molecular flexibility index (Phi) is 9.18. The Morgan fingerprint density at radius 1 is 0.800 bits per heavy atom. The largest absolute Gasteiger partial charge is 0.376 e. The van der Waals surface area contributed by atoms with E-state index in [9.17, 15) is 0 Å². The summed E-state index contributed by atoms with van der Waals surface area (Å²) in [5.41, 5.74) is 0.0986. The molecule has 0 bridgehead atoms. The number of hydrogen-bond acceptors (Lipinski definition) is 1. The quantitative estimate of drug-likeness (QED) is 0.468. The molecular formula is C14H30O. The molecule has 0 unspecified atom stereocenters. The van der Waals surface area contributed by atoms with Crippen LogP contribution in [0.25, 0.3) is 0 Å². The molecule has 0 aromatic carbocycles. The molecule has 0 saturated carbocycles. The van der Waals surface area contributed by atoms with Crippen LogP contribution in [0.1, 0.15) is 79.1 Å². The Hall–Kier alpha value is -0.0400.